The number of carbonyl (C=O) groups is 1. The van der Waals surface area contributed by atoms with Crippen LogP contribution in [0.3, 0.4) is 0 Å². The van der Waals surface area contributed by atoms with Gasteiger partial charge in [0.15, 0.2) is 5.16 Å². The number of anilines is 2. The summed E-state index contributed by atoms with van der Waals surface area (Å²) in [5.41, 5.74) is 4.41. The predicted octanol–water partition coefficient (Wildman–Crippen LogP) is 4.96. The van der Waals surface area contributed by atoms with Gasteiger partial charge in [0.05, 0.1) is 16.5 Å². The zero-order valence-corrected chi connectivity index (χ0v) is 21.4. The minimum atomic E-state index is 0.139. The molecule has 0 atom stereocenters. The van der Waals surface area contributed by atoms with Gasteiger partial charge in [-0.3, -0.25) is 9.36 Å². The van der Waals surface area contributed by atoms with Crippen LogP contribution < -0.4 is 9.80 Å². The van der Waals surface area contributed by atoms with Crippen LogP contribution in [0.1, 0.15) is 49.2 Å². The van der Waals surface area contributed by atoms with Crippen LogP contribution in [0.2, 0.25) is 0 Å². The maximum atomic E-state index is 13.2. The SMILES string of the molecule is Cc1nc(-c2ccc3c(c2)CCN3C(=O)CSc2nnc(N3CCC(C)CC3)n2C2CC2)cs1. The van der Waals surface area contributed by atoms with E-state index in [0.29, 0.717) is 11.8 Å². The second kappa shape index (κ2) is 9.00. The van der Waals surface area contributed by atoms with Crippen LogP contribution in [0, 0.1) is 12.8 Å². The van der Waals surface area contributed by atoms with Gasteiger partial charge in [0.2, 0.25) is 11.9 Å². The topological polar surface area (TPSA) is 67.2 Å². The van der Waals surface area contributed by atoms with Crippen molar-refractivity contribution < 1.29 is 4.79 Å². The van der Waals surface area contributed by atoms with E-state index in [9.17, 15) is 4.79 Å². The van der Waals surface area contributed by atoms with Crippen LogP contribution in [0.25, 0.3) is 11.3 Å². The lowest BCUT2D eigenvalue weighted by molar-refractivity contribution is -0.116. The molecule has 1 saturated carbocycles. The molecule has 0 N–H and O–H groups in total. The zero-order chi connectivity index (χ0) is 23.2. The molecule has 4 heterocycles. The molecule has 9 heteroatoms. The Morgan fingerprint density at radius 3 is 2.71 bits per heavy atom. The zero-order valence-electron chi connectivity index (χ0n) is 19.7. The van der Waals surface area contributed by atoms with Crippen molar-refractivity contribution in [3.05, 3.63) is 34.2 Å². The minimum absolute atomic E-state index is 0.139. The molecule has 0 unspecified atom stereocenters. The van der Waals surface area contributed by atoms with Crippen molar-refractivity contribution in [2.24, 2.45) is 5.92 Å². The number of aromatic nitrogens is 4. The third-order valence-corrected chi connectivity index (χ3v) is 8.84. The number of thioether (sulfide) groups is 1. The molecular formula is C25H30N6OS2. The first-order valence-corrected chi connectivity index (χ1v) is 14.1. The van der Waals surface area contributed by atoms with Crippen molar-refractivity contribution in [2.45, 2.75) is 57.1 Å². The summed E-state index contributed by atoms with van der Waals surface area (Å²) in [6.07, 6.45) is 5.65. The molecule has 0 radical (unpaired) electrons. The summed E-state index contributed by atoms with van der Waals surface area (Å²) in [5.74, 6) is 2.30. The summed E-state index contributed by atoms with van der Waals surface area (Å²) in [7, 11) is 0. The summed E-state index contributed by atoms with van der Waals surface area (Å²) >= 11 is 3.20. The number of thiazole rings is 1. The lowest BCUT2D eigenvalue weighted by atomic mass is 10.00. The molecule has 0 spiro atoms. The second-order valence-corrected chi connectivity index (χ2v) is 11.7. The first kappa shape index (κ1) is 22.1. The normalized spacial score (nSPS) is 18.5. The number of fused-ring (bicyclic) bond motifs is 1. The van der Waals surface area contributed by atoms with Gasteiger partial charge in [-0.2, -0.15) is 0 Å². The molecule has 1 amide bonds. The van der Waals surface area contributed by atoms with Gasteiger partial charge in [-0.25, -0.2) is 4.98 Å². The second-order valence-electron chi connectivity index (χ2n) is 9.73. The van der Waals surface area contributed by atoms with Crippen LogP contribution in [0.15, 0.2) is 28.7 Å². The maximum absolute atomic E-state index is 13.2. The van der Waals surface area contributed by atoms with Crippen LogP contribution in [0.4, 0.5) is 11.6 Å². The Morgan fingerprint density at radius 1 is 1.15 bits per heavy atom. The molecule has 3 aromatic rings. The summed E-state index contributed by atoms with van der Waals surface area (Å²) in [6, 6.07) is 6.85. The van der Waals surface area contributed by atoms with E-state index < -0.39 is 0 Å². The van der Waals surface area contributed by atoms with Gasteiger partial charge in [0, 0.05) is 42.3 Å². The van der Waals surface area contributed by atoms with Gasteiger partial charge in [-0.1, -0.05) is 24.8 Å². The first-order chi connectivity index (χ1) is 16.6. The molecule has 178 valence electrons. The number of nitrogens with zero attached hydrogens (tertiary/aromatic N) is 6. The molecule has 0 bridgehead atoms. The minimum Gasteiger partial charge on any atom is -0.341 e. The van der Waals surface area contributed by atoms with Crippen LogP contribution in [-0.2, 0) is 11.2 Å². The van der Waals surface area contributed by atoms with Gasteiger partial charge in [-0.15, -0.1) is 21.5 Å². The first-order valence-electron chi connectivity index (χ1n) is 12.3. The fourth-order valence-electron chi connectivity index (χ4n) is 4.96. The van der Waals surface area contributed by atoms with E-state index in [1.165, 1.54) is 43.0 Å². The van der Waals surface area contributed by atoms with Gasteiger partial charge in [0.25, 0.3) is 0 Å². The Balaban J connectivity index is 1.15. The lowest BCUT2D eigenvalue weighted by Gasteiger charge is -2.31. The number of benzene rings is 1. The van der Waals surface area contributed by atoms with Gasteiger partial charge >= 0.3 is 0 Å². The summed E-state index contributed by atoms with van der Waals surface area (Å²) in [6.45, 7) is 7.18. The van der Waals surface area contributed by atoms with Crippen molar-refractivity contribution in [3.8, 4) is 11.3 Å². The number of aryl methyl sites for hydroxylation is 1. The summed E-state index contributed by atoms with van der Waals surface area (Å²) < 4.78 is 2.30. The molecule has 1 aliphatic carbocycles. The van der Waals surface area contributed by atoms with E-state index in [1.807, 2.05) is 11.8 Å². The number of hydrogen-bond donors (Lipinski definition) is 0. The van der Waals surface area contributed by atoms with Crippen LogP contribution >= 0.6 is 23.1 Å². The highest BCUT2D eigenvalue weighted by Crippen LogP contribution is 2.42. The highest BCUT2D eigenvalue weighted by Gasteiger charge is 2.33. The van der Waals surface area contributed by atoms with Gasteiger partial charge in [0.1, 0.15) is 0 Å². The van der Waals surface area contributed by atoms with Crippen molar-refractivity contribution in [1.82, 2.24) is 19.7 Å². The number of rotatable bonds is 6. The Bertz CT molecular complexity index is 1210. The molecular weight excluding hydrogens is 464 g/mol. The van der Waals surface area contributed by atoms with Crippen molar-refractivity contribution in [1.29, 1.82) is 0 Å². The van der Waals surface area contributed by atoms with E-state index in [1.54, 1.807) is 11.3 Å². The van der Waals surface area contributed by atoms with E-state index in [2.05, 4.69) is 55.2 Å². The summed E-state index contributed by atoms with van der Waals surface area (Å²) in [5, 5.41) is 13.1. The highest BCUT2D eigenvalue weighted by molar-refractivity contribution is 7.99. The van der Waals surface area contributed by atoms with Gasteiger partial charge < -0.3 is 9.80 Å². The Kier molecular flexibility index (Phi) is 5.85. The Morgan fingerprint density at radius 2 is 1.97 bits per heavy atom. The number of piperidine rings is 1. The average molecular weight is 495 g/mol. The van der Waals surface area contributed by atoms with E-state index in [-0.39, 0.29) is 5.91 Å². The molecule has 7 nitrogen and oxygen atoms in total. The molecule has 1 aromatic carbocycles. The molecule has 2 aliphatic heterocycles. The third-order valence-electron chi connectivity index (χ3n) is 7.14. The smallest absolute Gasteiger partial charge is 0.237 e. The molecule has 2 aromatic heterocycles. The number of amides is 1. The number of hydrogen-bond acceptors (Lipinski definition) is 7. The standard InChI is InChI=1S/C25H30N6OS2/c1-16-7-10-29(11-8-16)24-27-28-25(31(24)20-4-5-20)34-15-23(32)30-12-9-19-13-18(3-6-22(19)30)21-14-33-17(2)26-21/h3,6,13-14,16,20H,4-5,7-12,15H2,1-2H3. The van der Waals surface area contributed by atoms with Crippen molar-refractivity contribution >= 4 is 40.6 Å². The fourth-order valence-corrected chi connectivity index (χ4v) is 6.46. The largest absolute Gasteiger partial charge is 0.341 e. The van der Waals surface area contributed by atoms with Crippen LogP contribution in [0.5, 0.6) is 0 Å². The Hall–Kier alpha value is -2.39. The molecule has 1 saturated heterocycles. The predicted molar refractivity (Wildman–Crippen MR) is 138 cm³/mol. The third kappa shape index (κ3) is 4.24. The van der Waals surface area contributed by atoms with E-state index in [0.717, 1.165) is 65.0 Å². The van der Waals surface area contributed by atoms with Crippen molar-refractivity contribution in [3.63, 3.8) is 0 Å². The quantitative estimate of drug-likeness (QED) is 0.451. The monoisotopic (exact) mass is 494 g/mol. The highest BCUT2D eigenvalue weighted by atomic mass is 32.2. The molecule has 6 rings (SSSR count). The van der Waals surface area contributed by atoms with Crippen molar-refractivity contribution in [2.75, 3.05) is 35.2 Å². The Labute approximate surface area is 208 Å². The lowest BCUT2D eigenvalue weighted by Crippen LogP contribution is -2.34. The molecule has 34 heavy (non-hydrogen) atoms. The van der Waals surface area contributed by atoms with Crippen LogP contribution in [-0.4, -0.2) is 51.0 Å². The van der Waals surface area contributed by atoms with Gasteiger partial charge in [-0.05, 0) is 62.6 Å². The fraction of sp³-hybridized carbons (Fsp3) is 0.520. The van der Waals surface area contributed by atoms with E-state index in [4.69, 9.17) is 0 Å². The molecule has 2 fully saturated rings. The average Bonchev–Trinajstić information content (AvgIpc) is 3.24. The molecule has 3 aliphatic rings. The maximum Gasteiger partial charge on any atom is 0.237 e. The summed E-state index contributed by atoms with van der Waals surface area (Å²) in [4.78, 5) is 22.1. The number of carbonyl (C=O) groups excluding carboxylic acids is 1. The van der Waals surface area contributed by atoms with E-state index >= 15 is 0 Å².